The molecule has 4 N–H and O–H groups in total. The Hall–Kier alpha value is -4.57. The molecule has 2 aliphatic heterocycles. The first-order chi connectivity index (χ1) is 25.8. The minimum absolute atomic E-state index is 0.00770. The largest absolute Gasteiger partial charge is 0.481 e. The monoisotopic (exact) mass is 763 g/mol. The molecule has 3 aliphatic carbocycles. The van der Waals surface area contributed by atoms with Crippen LogP contribution in [0.4, 0.5) is 35.0 Å². The molecule has 7 atom stereocenters. The van der Waals surface area contributed by atoms with Gasteiger partial charge in [-0.2, -0.15) is 13.2 Å². The Morgan fingerprint density at radius 1 is 1.09 bits per heavy atom. The highest BCUT2D eigenvalue weighted by Gasteiger charge is 2.67. The van der Waals surface area contributed by atoms with Crippen LogP contribution in [0.5, 0.6) is 0 Å². The maximum absolute atomic E-state index is 14.4. The number of urea groups is 1. The molecule has 294 valence electrons. The lowest BCUT2D eigenvalue weighted by Crippen LogP contribution is -2.63. The van der Waals surface area contributed by atoms with E-state index in [1.54, 1.807) is 19.1 Å². The summed E-state index contributed by atoms with van der Waals surface area (Å²) < 4.78 is 54.6. The zero-order chi connectivity index (χ0) is 39.7. The van der Waals surface area contributed by atoms with Gasteiger partial charge in [0.05, 0.1) is 34.9 Å². The van der Waals surface area contributed by atoms with Gasteiger partial charge in [0.1, 0.15) is 17.6 Å². The van der Waals surface area contributed by atoms with Crippen LogP contribution in [0.1, 0.15) is 83.3 Å². The van der Waals surface area contributed by atoms with Crippen molar-refractivity contribution in [1.82, 2.24) is 20.2 Å². The summed E-state index contributed by atoms with van der Waals surface area (Å²) in [6.07, 6.45) is -0.892. The summed E-state index contributed by atoms with van der Waals surface area (Å²) in [6.45, 7) is 10.2. The van der Waals surface area contributed by atoms with Crippen LogP contribution in [0.15, 0.2) is 59.5 Å². The number of carbonyl (C=O) groups is 2. The molecule has 4 fully saturated rings. The first-order valence-electron chi connectivity index (χ1n) is 18.8. The van der Waals surface area contributed by atoms with Crippen molar-refractivity contribution in [3.8, 4) is 0 Å². The lowest BCUT2D eigenvalue weighted by Gasteiger charge is -2.63. The highest BCUT2D eigenvalue weighted by Crippen LogP contribution is 2.64. The zero-order valence-corrected chi connectivity index (χ0v) is 32.2. The van der Waals surface area contributed by atoms with Crippen LogP contribution in [0.3, 0.4) is 0 Å². The van der Waals surface area contributed by atoms with Gasteiger partial charge in [-0.15, -0.1) is 0 Å². The van der Waals surface area contributed by atoms with Crippen molar-refractivity contribution in [2.45, 2.75) is 102 Å². The number of hydrogen-bond donors (Lipinski definition) is 4. The van der Waals surface area contributed by atoms with E-state index in [4.69, 9.17) is 9.31 Å². The second-order valence-corrected chi connectivity index (χ2v) is 16.7. The van der Waals surface area contributed by atoms with Crippen LogP contribution in [0, 0.1) is 17.3 Å². The molecule has 16 heteroatoms. The molecule has 3 heterocycles. The van der Waals surface area contributed by atoms with Crippen molar-refractivity contribution < 1.29 is 32.1 Å². The highest BCUT2D eigenvalue weighted by atomic mass is 19.4. The molecule has 1 saturated heterocycles. The maximum Gasteiger partial charge on any atom is 0.481 e. The molecule has 2 aromatic carbocycles. The predicted molar refractivity (Wildman–Crippen MR) is 204 cm³/mol. The number of anilines is 3. The summed E-state index contributed by atoms with van der Waals surface area (Å²) in [6, 6.07) is 10.4. The fourth-order valence-corrected chi connectivity index (χ4v) is 9.04. The van der Waals surface area contributed by atoms with Gasteiger partial charge in [0, 0.05) is 38.4 Å². The molecule has 2 unspecified atom stereocenters. The molecule has 2 bridgehead atoms. The minimum atomic E-state index is -4.53. The van der Waals surface area contributed by atoms with E-state index in [1.165, 1.54) is 22.9 Å². The van der Waals surface area contributed by atoms with Gasteiger partial charge in [-0.05, 0) is 92.3 Å². The first-order valence-corrected chi connectivity index (χ1v) is 18.8. The quantitative estimate of drug-likeness (QED) is 0.182. The Kier molecular flexibility index (Phi) is 9.76. The van der Waals surface area contributed by atoms with E-state index in [0.29, 0.717) is 29.5 Å². The number of hydrogen-bond acceptors (Lipinski definition) is 8. The van der Waals surface area contributed by atoms with E-state index in [1.807, 2.05) is 38.1 Å². The van der Waals surface area contributed by atoms with Crippen molar-refractivity contribution in [3.63, 3.8) is 0 Å². The van der Waals surface area contributed by atoms with Gasteiger partial charge in [0.25, 0.3) is 5.56 Å². The lowest BCUT2D eigenvalue weighted by atomic mass is 9.45. The number of alkyl halides is 3. The van der Waals surface area contributed by atoms with Gasteiger partial charge in [-0.3, -0.25) is 14.2 Å². The Morgan fingerprint density at radius 2 is 1.82 bits per heavy atom. The van der Waals surface area contributed by atoms with Crippen LogP contribution in [-0.2, 0) is 32.4 Å². The van der Waals surface area contributed by atoms with Crippen LogP contribution in [-0.4, -0.2) is 60.3 Å². The Labute approximate surface area is 319 Å². The van der Waals surface area contributed by atoms with Gasteiger partial charge in [-0.1, -0.05) is 32.9 Å². The molecule has 0 spiro atoms. The molecule has 0 radical (unpaired) electrons. The van der Waals surface area contributed by atoms with E-state index in [-0.39, 0.29) is 36.0 Å². The van der Waals surface area contributed by atoms with Gasteiger partial charge in [-0.25, -0.2) is 9.78 Å². The third-order valence-corrected chi connectivity index (χ3v) is 12.4. The standard InChI is InChI=1S/C39H49BF3N7O5/c1-8-30(40-54-31-27-17-24(36(27,2)3)18-38(31,5)55-40)47-32(51)29-19-37(4,48-35(53)46-25-12-14-26(15-13-25)49(6)7)34-45-21-28(33(52)50(29)34)44-20-22-10-9-11-23(16-22)39(41,42)43/h9-16,21,24,27,29-31,44H,8,17-20H2,1-7H3,(H,47,51)(H2,46,48,53)/t24?,27?,29-,30-,31+,37+,38-/m0/s1. The number of nitrogens with zero attached hydrogens (tertiary/aromatic N) is 3. The molecule has 1 aromatic heterocycles. The fraction of sp³-hybridized carbons (Fsp3) is 0.538. The minimum Gasteiger partial charge on any atom is -0.404 e. The Morgan fingerprint density at radius 3 is 2.47 bits per heavy atom. The summed E-state index contributed by atoms with van der Waals surface area (Å²) in [5, 5.41) is 11.8. The smallest absolute Gasteiger partial charge is 0.404 e. The lowest BCUT2D eigenvalue weighted by molar-refractivity contribution is -0.185. The number of rotatable bonds is 10. The number of aromatic nitrogens is 2. The SMILES string of the molecule is CC[C@H](NC(=O)[C@@H]1C[C@@](C)(NC(=O)Nc2ccc(N(C)C)cc2)c2ncc(NCc3cccc(C(F)(F)F)c3)c(=O)n21)B1O[C@@H]2C3CC(C[C@]2(C)O1)C3(C)C. The molecular weight excluding hydrogens is 714 g/mol. The summed E-state index contributed by atoms with van der Waals surface area (Å²) in [4.78, 5) is 48.5. The number of benzene rings is 2. The third-order valence-electron chi connectivity index (χ3n) is 12.4. The van der Waals surface area contributed by atoms with Crippen molar-refractivity contribution in [3.05, 3.63) is 82.0 Å². The molecule has 8 rings (SSSR count). The topological polar surface area (TPSA) is 139 Å². The van der Waals surface area contributed by atoms with Crippen LogP contribution < -0.4 is 31.7 Å². The number of fused-ring (bicyclic) bond motifs is 1. The zero-order valence-electron chi connectivity index (χ0n) is 32.2. The average Bonchev–Trinajstić information content (AvgIpc) is 3.64. The summed E-state index contributed by atoms with van der Waals surface area (Å²) in [5.41, 5.74) is -1.22. The number of amides is 3. The van der Waals surface area contributed by atoms with Gasteiger partial charge in [0.2, 0.25) is 5.91 Å². The number of halogens is 3. The van der Waals surface area contributed by atoms with Crippen molar-refractivity contribution >= 4 is 36.1 Å². The predicted octanol–water partition coefficient (Wildman–Crippen LogP) is 6.08. The third kappa shape index (κ3) is 7.07. The maximum atomic E-state index is 14.4. The molecule has 3 saturated carbocycles. The van der Waals surface area contributed by atoms with Crippen molar-refractivity contribution in [2.24, 2.45) is 17.3 Å². The van der Waals surface area contributed by atoms with E-state index < -0.39 is 59.5 Å². The second-order valence-electron chi connectivity index (χ2n) is 16.7. The summed E-state index contributed by atoms with van der Waals surface area (Å²) in [5.74, 6) is 0.0436. The van der Waals surface area contributed by atoms with Crippen molar-refractivity contribution in [2.75, 3.05) is 29.6 Å². The average molecular weight is 764 g/mol. The summed E-state index contributed by atoms with van der Waals surface area (Å²) >= 11 is 0. The molecular formula is C39H49BF3N7O5. The van der Waals surface area contributed by atoms with Crippen LogP contribution in [0.2, 0.25) is 0 Å². The molecule has 12 nitrogen and oxygen atoms in total. The number of nitrogens with one attached hydrogen (secondary N) is 4. The van der Waals surface area contributed by atoms with Crippen LogP contribution >= 0.6 is 0 Å². The Balaban J connectivity index is 1.14. The van der Waals surface area contributed by atoms with Gasteiger partial charge in [0.15, 0.2) is 0 Å². The Bertz CT molecular complexity index is 2030. The van der Waals surface area contributed by atoms with Gasteiger partial charge >= 0.3 is 19.3 Å². The van der Waals surface area contributed by atoms with Crippen LogP contribution in [0.25, 0.3) is 0 Å². The second kappa shape index (κ2) is 13.9. The summed E-state index contributed by atoms with van der Waals surface area (Å²) in [7, 11) is 3.13. The highest BCUT2D eigenvalue weighted by molar-refractivity contribution is 6.47. The molecule has 55 heavy (non-hydrogen) atoms. The normalized spacial score (nSPS) is 28.0. The molecule has 3 aromatic rings. The number of carbonyl (C=O) groups excluding carboxylic acids is 2. The van der Waals surface area contributed by atoms with E-state index >= 15 is 0 Å². The van der Waals surface area contributed by atoms with Crippen molar-refractivity contribution in [1.29, 1.82) is 0 Å². The van der Waals surface area contributed by atoms with Gasteiger partial charge < -0.3 is 35.5 Å². The van der Waals surface area contributed by atoms with E-state index in [0.717, 1.165) is 30.7 Å². The molecule has 3 amide bonds. The van der Waals surface area contributed by atoms with E-state index in [9.17, 15) is 27.6 Å². The first kappa shape index (κ1) is 38.7. The fourth-order valence-electron chi connectivity index (χ4n) is 9.04. The van der Waals surface area contributed by atoms with E-state index in [2.05, 4.69) is 47.0 Å². The molecule has 5 aliphatic rings.